The molecule has 0 fully saturated rings. The highest BCUT2D eigenvalue weighted by atomic mass is 79.9. The lowest BCUT2D eigenvalue weighted by atomic mass is 10.1. The molecule has 0 spiro atoms. The molecule has 2 rings (SSSR count). The Bertz CT molecular complexity index is 576. The van der Waals surface area contributed by atoms with Crippen molar-refractivity contribution < 1.29 is 0 Å². The first-order chi connectivity index (χ1) is 10.2. The zero-order chi connectivity index (χ0) is 15.1. The van der Waals surface area contributed by atoms with Gasteiger partial charge in [0, 0.05) is 26.2 Å². The molecule has 0 bridgehead atoms. The molecular weight excluding hydrogens is 366 g/mol. The van der Waals surface area contributed by atoms with Crippen molar-refractivity contribution in [2.24, 2.45) is 0 Å². The molecule has 0 heterocycles. The van der Waals surface area contributed by atoms with Gasteiger partial charge in [0.25, 0.3) is 0 Å². The van der Waals surface area contributed by atoms with Crippen LogP contribution >= 0.6 is 39.3 Å². The molecule has 0 amide bonds. The summed E-state index contributed by atoms with van der Waals surface area (Å²) in [6.45, 7) is 3.13. The van der Waals surface area contributed by atoms with Crippen molar-refractivity contribution in [3.8, 4) is 0 Å². The van der Waals surface area contributed by atoms with Crippen molar-refractivity contribution >= 4 is 39.3 Å². The quantitative estimate of drug-likeness (QED) is 0.640. The van der Waals surface area contributed by atoms with Gasteiger partial charge in [-0.3, -0.25) is 0 Å². The number of likely N-dealkylation sites (N-methyl/N-ethyl adjacent to an activating group) is 1. The molecule has 21 heavy (non-hydrogen) atoms. The van der Waals surface area contributed by atoms with E-state index in [1.165, 1.54) is 10.5 Å². The van der Waals surface area contributed by atoms with Crippen molar-refractivity contribution in [2.75, 3.05) is 12.3 Å². The number of thioether (sulfide) groups is 1. The fraction of sp³-hybridized carbons (Fsp3) is 0.294. The van der Waals surface area contributed by atoms with Crippen LogP contribution in [0.1, 0.15) is 12.5 Å². The van der Waals surface area contributed by atoms with Gasteiger partial charge in [0.15, 0.2) is 0 Å². The SMILES string of the molecule is CCNC(CSc1cccc(Cl)c1)Cc1cccc(Br)c1. The van der Waals surface area contributed by atoms with Crippen molar-refractivity contribution in [1.29, 1.82) is 0 Å². The first-order valence-electron chi connectivity index (χ1n) is 7.03. The van der Waals surface area contributed by atoms with Crippen LogP contribution in [-0.4, -0.2) is 18.3 Å². The summed E-state index contributed by atoms with van der Waals surface area (Å²) >= 11 is 11.4. The third kappa shape index (κ3) is 6.03. The fourth-order valence-electron chi connectivity index (χ4n) is 2.18. The van der Waals surface area contributed by atoms with Gasteiger partial charge in [-0.15, -0.1) is 11.8 Å². The van der Waals surface area contributed by atoms with E-state index in [0.29, 0.717) is 6.04 Å². The van der Waals surface area contributed by atoms with Gasteiger partial charge in [0.2, 0.25) is 0 Å². The Morgan fingerprint density at radius 2 is 2.00 bits per heavy atom. The Labute approximate surface area is 144 Å². The standard InChI is InChI=1S/C17H19BrClNS/c1-2-20-16(10-13-5-3-6-14(18)9-13)12-21-17-8-4-7-15(19)11-17/h3-9,11,16,20H,2,10,12H2,1H3. The maximum atomic E-state index is 6.03. The van der Waals surface area contributed by atoms with Gasteiger partial charge < -0.3 is 5.32 Å². The molecule has 0 aromatic heterocycles. The molecule has 1 atom stereocenters. The van der Waals surface area contributed by atoms with Crippen molar-refractivity contribution in [2.45, 2.75) is 24.3 Å². The van der Waals surface area contributed by atoms with Crippen LogP contribution in [-0.2, 0) is 6.42 Å². The highest BCUT2D eigenvalue weighted by Crippen LogP contribution is 2.23. The second-order valence-corrected chi connectivity index (χ2v) is 7.30. The zero-order valence-electron chi connectivity index (χ0n) is 12.0. The molecule has 0 aliphatic heterocycles. The number of halogens is 2. The van der Waals surface area contributed by atoms with E-state index in [1.807, 2.05) is 30.0 Å². The van der Waals surface area contributed by atoms with Gasteiger partial charge in [-0.2, -0.15) is 0 Å². The second-order valence-electron chi connectivity index (χ2n) is 4.86. The van der Waals surface area contributed by atoms with Crippen LogP contribution < -0.4 is 5.32 Å². The third-order valence-corrected chi connectivity index (χ3v) is 5.00. The number of nitrogens with one attached hydrogen (secondary N) is 1. The molecule has 4 heteroatoms. The molecule has 1 unspecified atom stereocenters. The summed E-state index contributed by atoms with van der Waals surface area (Å²) in [4.78, 5) is 1.22. The summed E-state index contributed by atoms with van der Waals surface area (Å²) in [5.41, 5.74) is 1.35. The van der Waals surface area contributed by atoms with E-state index in [0.717, 1.165) is 28.2 Å². The maximum Gasteiger partial charge on any atom is 0.0417 e. The summed E-state index contributed by atoms with van der Waals surface area (Å²) in [6.07, 6.45) is 1.03. The first kappa shape index (κ1) is 16.9. The normalized spacial score (nSPS) is 12.3. The lowest BCUT2D eigenvalue weighted by Crippen LogP contribution is -2.33. The predicted octanol–water partition coefficient (Wildman–Crippen LogP) is 5.42. The van der Waals surface area contributed by atoms with E-state index in [-0.39, 0.29) is 0 Å². The zero-order valence-corrected chi connectivity index (χ0v) is 15.1. The fourth-order valence-corrected chi connectivity index (χ4v) is 3.90. The van der Waals surface area contributed by atoms with Crippen molar-refractivity contribution in [3.05, 3.63) is 63.6 Å². The van der Waals surface area contributed by atoms with Gasteiger partial charge >= 0.3 is 0 Å². The summed E-state index contributed by atoms with van der Waals surface area (Å²) in [7, 11) is 0. The second kappa shape index (κ2) is 8.84. The lowest BCUT2D eigenvalue weighted by molar-refractivity contribution is 0.572. The lowest BCUT2D eigenvalue weighted by Gasteiger charge is -2.18. The molecule has 2 aromatic rings. The van der Waals surface area contributed by atoms with Crippen LogP contribution in [0.5, 0.6) is 0 Å². The van der Waals surface area contributed by atoms with Crippen LogP contribution in [0.4, 0.5) is 0 Å². The molecular formula is C17H19BrClNS. The van der Waals surface area contributed by atoms with Crippen LogP contribution in [0.25, 0.3) is 0 Å². The first-order valence-corrected chi connectivity index (χ1v) is 9.19. The minimum Gasteiger partial charge on any atom is -0.313 e. The van der Waals surface area contributed by atoms with Gasteiger partial charge in [-0.05, 0) is 48.9 Å². The molecule has 112 valence electrons. The third-order valence-electron chi connectivity index (χ3n) is 3.11. The molecule has 0 aliphatic carbocycles. The van der Waals surface area contributed by atoms with E-state index in [2.05, 4.69) is 58.5 Å². The van der Waals surface area contributed by atoms with Crippen LogP contribution in [0.15, 0.2) is 57.9 Å². The average Bonchev–Trinajstić information content (AvgIpc) is 2.45. The number of hydrogen-bond acceptors (Lipinski definition) is 2. The van der Waals surface area contributed by atoms with Gasteiger partial charge in [0.05, 0.1) is 0 Å². The monoisotopic (exact) mass is 383 g/mol. The van der Waals surface area contributed by atoms with Crippen LogP contribution in [0, 0.1) is 0 Å². The van der Waals surface area contributed by atoms with E-state index < -0.39 is 0 Å². The molecule has 0 saturated carbocycles. The maximum absolute atomic E-state index is 6.03. The smallest absolute Gasteiger partial charge is 0.0417 e. The molecule has 0 saturated heterocycles. The van der Waals surface area contributed by atoms with E-state index in [1.54, 1.807) is 0 Å². The minimum atomic E-state index is 0.452. The van der Waals surface area contributed by atoms with E-state index >= 15 is 0 Å². The Kier molecular flexibility index (Phi) is 7.11. The van der Waals surface area contributed by atoms with Crippen molar-refractivity contribution in [3.63, 3.8) is 0 Å². The molecule has 0 aliphatic rings. The number of rotatable bonds is 7. The van der Waals surface area contributed by atoms with Crippen LogP contribution in [0.3, 0.4) is 0 Å². The Morgan fingerprint density at radius 3 is 2.71 bits per heavy atom. The largest absolute Gasteiger partial charge is 0.313 e. The van der Waals surface area contributed by atoms with Gasteiger partial charge in [-0.1, -0.05) is 52.7 Å². The summed E-state index contributed by atoms with van der Waals surface area (Å²) < 4.78 is 1.14. The Morgan fingerprint density at radius 1 is 1.19 bits per heavy atom. The summed E-state index contributed by atoms with van der Waals surface area (Å²) in [6, 6.07) is 17.0. The summed E-state index contributed by atoms with van der Waals surface area (Å²) in [5, 5.41) is 4.36. The van der Waals surface area contributed by atoms with Crippen LogP contribution in [0.2, 0.25) is 5.02 Å². The van der Waals surface area contributed by atoms with Gasteiger partial charge in [0.1, 0.15) is 0 Å². The highest BCUT2D eigenvalue weighted by molar-refractivity contribution is 9.10. The topological polar surface area (TPSA) is 12.0 Å². The number of hydrogen-bond donors (Lipinski definition) is 1. The van der Waals surface area contributed by atoms with Gasteiger partial charge in [-0.25, -0.2) is 0 Å². The molecule has 1 N–H and O–H groups in total. The molecule has 0 radical (unpaired) electrons. The molecule has 1 nitrogen and oxygen atoms in total. The predicted molar refractivity (Wildman–Crippen MR) is 97.5 cm³/mol. The number of benzene rings is 2. The molecule has 2 aromatic carbocycles. The summed E-state index contributed by atoms with van der Waals surface area (Å²) in [5.74, 6) is 1.03. The highest BCUT2D eigenvalue weighted by Gasteiger charge is 2.09. The Balaban J connectivity index is 1.95. The van der Waals surface area contributed by atoms with E-state index in [9.17, 15) is 0 Å². The average molecular weight is 385 g/mol. The van der Waals surface area contributed by atoms with E-state index in [4.69, 9.17) is 11.6 Å². The van der Waals surface area contributed by atoms with Crippen molar-refractivity contribution in [1.82, 2.24) is 5.32 Å². The Hall–Kier alpha value is -0.480. The minimum absolute atomic E-state index is 0.452.